The molecule has 0 unspecified atom stereocenters. The lowest BCUT2D eigenvalue weighted by Gasteiger charge is -2.38. The van der Waals surface area contributed by atoms with Crippen LogP contribution in [0.2, 0.25) is 0 Å². The first-order valence-electron chi connectivity index (χ1n) is 9.48. The summed E-state index contributed by atoms with van der Waals surface area (Å²) in [5.74, 6) is 0. The summed E-state index contributed by atoms with van der Waals surface area (Å²) in [6, 6.07) is 21.4. The van der Waals surface area contributed by atoms with Crippen molar-refractivity contribution in [1.82, 2.24) is 9.62 Å². The molecule has 1 N–H and O–H groups in total. The molecule has 1 aliphatic heterocycles. The average molecular weight is 371 g/mol. The van der Waals surface area contributed by atoms with Gasteiger partial charge >= 0.3 is 0 Å². The van der Waals surface area contributed by atoms with Crippen LogP contribution in [0.4, 0.5) is 0 Å². The van der Waals surface area contributed by atoms with Gasteiger partial charge in [0.2, 0.25) is 10.0 Å². The van der Waals surface area contributed by atoms with Gasteiger partial charge in [0, 0.05) is 19.1 Å². The molecule has 4 rings (SSSR count). The van der Waals surface area contributed by atoms with Gasteiger partial charge in [-0.05, 0) is 36.8 Å². The van der Waals surface area contributed by atoms with Crippen LogP contribution in [-0.4, -0.2) is 37.7 Å². The molecule has 1 aliphatic carbocycles. The first-order chi connectivity index (χ1) is 12.6. The van der Waals surface area contributed by atoms with E-state index in [1.54, 1.807) is 0 Å². The number of rotatable bonds is 6. The van der Waals surface area contributed by atoms with Crippen LogP contribution in [0, 0.1) is 0 Å². The predicted molar refractivity (Wildman–Crippen MR) is 104 cm³/mol. The molecule has 1 heterocycles. The van der Waals surface area contributed by atoms with E-state index in [2.05, 4.69) is 58.2 Å². The maximum Gasteiger partial charge on any atom is 0.214 e. The van der Waals surface area contributed by atoms with E-state index in [1.807, 2.05) is 12.1 Å². The van der Waals surface area contributed by atoms with Crippen molar-refractivity contribution in [3.63, 3.8) is 0 Å². The van der Waals surface area contributed by atoms with Crippen molar-refractivity contribution in [3.05, 3.63) is 71.8 Å². The molecule has 0 atom stereocenters. The van der Waals surface area contributed by atoms with Crippen molar-refractivity contribution >= 4 is 10.0 Å². The number of benzene rings is 2. The largest absolute Gasteiger partial charge is 0.292 e. The van der Waals surface area contributed by atoms with E-state index >= 15 is 0 Å². The molecule has 1 saturated heterocycles. The van der Waals surface area contributed by atoms with Gasteiger partial charge in [0.15, 0.2) is 0 Å². The van der Waals surface area contributed by atoms with Crippen LogP contribution in [0.5, 0.6) is 0 Å². The molecule has 1 saturated carbocycles. The van der Waals surface area contributed by atoms with Crippen molar-refractivity contribution in [3.8, 4) is 0 Å². The SMILES string of the molecule is O=S(=O)(NC1CCN(C(c2ccccc2)c2ccccc2)CC1)C1CC1. The van der Waals surface area contributed by atoms with Gasteiger partial charge in [-0.2, -0.15) is 0 Å². The van der Waals surface area contributed by atoms with Crippen molar-refractivity contribution in [1.29, 1.82) is 0 Å². The van der Waals surface area contributed by atoms with Crippen LogP contribution >= 0.6 is 0 Å². The smallest absolute Gasteiger partial charge is 0.214 e. The van der Waals surface area contributed by atoms with Gasteiger partial charge in [0.1, 0.15) is 0 Å². The Labute approximate surface area is 156 Å². The lowest BCUT2D eigenvalue weighted by atomic mass is 9.94. The first-order valence-corrected chi connectivity index (χ1v) is 11.0. The van der Waals surface area contributed by atoms with E-state index in [9.17, 15) is 8.42 Å². The van der Waals surface area contributed by atoms with Gasteiger partial charge in [-0.25, -0.2) is 13.1 Å². The zero-order chi connectivity index (χ0) is 18.0. The van der Waals surface area contributed by atoms with Crippen LogP contribution in [-0.2, 0) is 10.0 Å². The molecular formula is C21H26N2O2S. The molecule has 138 valence electrons. The Morgan fingerprint density at radius 3 is 1.77 bits per heavy atom. The van der Waals surface area contributed by atoms with Crippen molar-refractivity contribution in [2.45, 2.75) is 43.0 Å². The monoisotopic (exact) mass is 370 g/mol. The van der Waals surface area contributed by atoms with Gasteiger partial charge in [-0.1, -0.05) is 60.7 Å². The normalized spacial score (nSPS) is 19.7. The summed E-state index contributed by atoms with van der Waals surface area (Å²) < 4.78 is 27.3. The number of nitrogens with zero attached hydrogens (tertiary/aromatic N) is 1. The fraction of sp³-hybridized carbons (Fsp3) is 0.429. The van der Waals surface area contributed by atoms with Gasteiger partial charge < -0.3 is 0 Å². The van der Waals surface area contributed by atoms with E-state index in [0.29, 0.717) is 0 Å². The van der Waals surface area contributed by atoms with Crippen molar-refractivity contribution < 1.29 is 8.42 Å². The van der Waals surface area contributed by atoms with Crippen LogP contribution in [0.1, 0.15) is 42.9 Å². The fourth-order valence-corrected chi connectivity index (χ4v) is 5.52. The lowest BCUT2D eigenvalue weighted by molar-refractivity contribution is 0.170. The van der Waals surface area contributed by atoms with E-state index in [-0.39, 0.29) is 17.3 Å². The Balaban J connectivity index is 1.48. The lowest BCUT2D eigenvalue weighted by Crippen LogP contribution is -2.46. The predicted octanol–water partition coefficient (Wildman–Crippen LogP) is 3.32. The molecule has 5 heteroatoms. The molecule has 0 aromatic heterocycles. The van der Waals surface area contributed by atoms with E-state index in [4.69, 9.17) is 0 Å². The molecule has 4 nitrogen and oxygen atoms in total. The number of hydrogen-bond acceptors (Lipinski definition) is 3. The second-order valence-electron chi connectivity index (χ2n) is 7.40. The van der Waals surface area contributed by atoms with Gasteiger partial charge in [0.05, 0.1) is 11.3 Å². The van der Waals surface area contributed by atoms with Gasteiger partial charge in [-0.15, -0.1) is 0 Å². The molecule has 2 aliphatic rings. The van der Waals surface area contributed by atoms with E-state index in [0.717, 1.165) is 38.8 Å². The highest BCUT2D eigenvalue weighted by Gasteiger charge is 2.38. The molecule has 2 fully saturated rings. The van der Waals surface area contributed by atoms with E-state index in [1.165, 1.54) is 11.1 Å². The zero-order valence-electron chi connectivity index (χ0n) is 14.9. The molecule has 0 radical (unpaired) electrons. The number of likely N-dealkylation sites (tertiary alicyclic amines) is 1. The average Bonchev–Trinajstić information content (AvgIpc) is 3.51. The highest BCUT2D eigenvalue weighted by molar-refractivity contribution is 7.90. The second-order valence-corrected chi connectivity index (χ2v) is 9.39. The minimum atomic E-state index is -3.10. The second kappa shape index (κ2) is 7.51. The molecular weight excluding hydrogens is 344 g/mol. The summed E-state index contributed by atoms with van der Waals surface area (Å²) in [6.07, 6.45) is 3.36. The van der Waals surface area contributed by atoms with Crippen LogP contribution in [0.3, 0.4) is 0 Å². The summed E-state index contributed by atoms with van der Waals surface area (Å²) in [5.41, 5.74) is 2.58. The summed E-state index contributed by atoms with van der Waals surface area (Å²) >= 11 is 0. The standard InChI is InChI=1S/C21H26N2O2S/c24-26(25,20-11-12-20)22-19-13-15-23(16-14-19)21(17-7-3-1-4-8-17)18-9-5-2-6-10-18/h1-10,19-22H,11-16H2. The number of nitrogens with one attached hydrogen (secondary N) is 1. The quantitative estimate of drug-likeness (QED) is 0.849. The Kier molecular flexibility index (Phi) is 5.11. The third-order valence-electron chi connectivity index (χ3n) is 5.42. The number of sulfonamides is 1. The summed E-state index contributed by atoms with van der Waals surface area (Å²) in [5, 5.41) is -0.137. The topological polar surface area (TPSA) is 49.4 Å². The fourth-order valence-electron chi connectivity index (χ4n) is 3.87. The molecule has 0 amide bonds. The van der Waals surface area contributed by atoms with Crippen LogP contribution < -0.4 is 4.72 Å². The van der Waals surface area contributed by atoms with Gasteiger partial charge in [-0.3, -0.25) is 4.90 Å². The summed E-state index contributed by atoms with van der Waals surface area (Å²) in [7, 11) is -3.10. The highest BCUT2D eigenvalue weighted by atomic mass is 32.2. The molecule has 26 heavy (non-hydrogen) atoms. The maximum atomic E-state index is 12.2. The number of piperidine rings is 1. The summed E-state index contributed by atoms with van der Waals surface area (Å²) in [6.45, 7) is 1.79. The molecule has 2 aromatic rings. The molecule has 2 aromatic carbocycles. The Morgan fingerprint density at radius 1 is 0.808 bits per heavy atom. The van der Waals surface area contributed by atoms with Crippen molar-refractivity contribution in [2.75, 3.05) is 13.1 Å². The maximum absolute atomic E-state index is 12.2. The van der Waals surface area contributed by atoms with Gasteiger partial charge in [0.25, 0.3) is 0 Å². The Bertz CT molecular complexity index is 772. The highest BCUT2D eigenvalue weighted by Crippen LogP contribution is 2.32. The van der Waals surface area contributed by atoms with Crippen LogP contribution in [0.25, 0.3) is 0 Å². The first kappa shape index (κ1) is 17.7. The van der Waals surface area contributed by atoms with E-state index < -0.39 is 10.0 Å². The Morgan fingerprint density at radius 2 is 1.31 bits per heavy atom. The van der Waals surface area contributed by atoms with Crippen LogP contribution in [0.15, 0.2) is 60.7 Å². The Hall–Kier alpha value is -1.69. The third kappa shape index (κ3) is 4.00. The number of hydrogen-bond donors (Lipinski definition) is 1. The minimum Gasteiger partial charge on any atom is -0.292 e. The third-order valence-corrected chi connectivity index (χ3v) is 7.43. The molecule has 0 bridgehead atoms. The van der Waals surface area contributed by atoms with Crippen molar-refractivity contribution in [2.24, 2.45) is 0 Å². The zero-order valence-corrected chi connectivity index (χ0v) is 15.7. The molecule has 0 spiro atoms. The minimum absolute atomic E-state index is 0.0732. The summed E-state index contributed by atoms with van der Waals surface area (Å²) in [4.78, 5) is 2.48.